The van der Waals surface area contributed by atoms with E-state index in [1.807, 2.05) is 243 Å². The minimum atomic E-state index is 0.486. The molecule has 0 aliphatic carbocycles. The van der Waals surface area contributed by atoms with E-state index in [1.165, 1.54) is 0 Å². The first-order valence-electron chi connectivity index (χ1n) is 38.5. The third kappa shape index (κ3) is 13.2. The minimum absolute atomic E-state index is 0.486. The molecular weight excluding hydrogens is 1340 g/mol. The molecular formula is C102H66N6O2. The average Bonchev–Trinajstić information content (AvgIpc) is 1.57. The second kappa shape index (κ2) is 29.2. The Morgan fingerprint density at radius 2 is 0.436 bits per heavy atom. The summed E-state index contributed by atoms with van der Waals surface area (Å²) in [6.45, 7) is 0. The fraction of sp³-hybridized carbons (Fsp3) is 0. The first kappa shape index (κ1) is 61.4. The molecule has 20 aromatic rings. The number of nitrogens with zero attached hydrogens (tertiary/aromatic N) is 6. The lowest BCUT2D eigenvalue weighted by atomic mass is 9.93. The quantitative estimate of drug-likeness (QED) is 0.106. The fourth-order valence-electron chi connectivity index (χ4n) is 14.5. The van der Waals surface area contributed by atoms with Crippen molar-refractivity contribution in [2.24, 2.45) is 0 Å². The zero-order valence-corrected chi connectivity index (χ0v) is 59.3. The molecule has 0 fully saturated rings. The van der Waals surface area contributed by atoms with Crippen LogP contribution >= 0.6 is 0 Å². The predicted octanol–water partition coefficient (Wildman–Crippen LogP) is 26.9. The molecule has 0 N–H and O–H groups in total. The van der Waals surface area contributed by atoms with Crippen LogP contribution in [-0.2, 0) is 0 Å². The lowest BCUT2D eigenvalue weighted by molar-refractivity contribution is 0.669. The molecule has 516 valence electrons. The van der Waals surface area contributed by atoms with E-state index in [0.29, 0.717) is 59.1 Å². The van der Waals surface area contributed by atoms with Crippen LogP contribution < -0.4 is 0 Å². The molecule has 0 atom stereocenters. The van der Waals surface area contributed by atoms with Crippen LogP contribution in [0.2, 0.25) is 0 Å². The molecule has 4 heterocycles. The van der Waals surface area contributed by atoms with E-state index in [1.54, 1.807) is 0 Å². The van der Waals surface area contributed by atoms with Crippen LogP contribution in [0.15, 0.2) is 409 Å². The Hall–Kier alpha value is -14.9. The summed E-state index contributed by atoms with van der Waals surface area (Å²) in [5.41, 5.74) is 24.5. The SMILES string of the molecule is [2H]c1ccc(-c2ccc(-c3cc(-c4ccc(-c5ccc([2H])cc5)cc4)c4oc5cccc(-c6nc(-c7ccccc7)nc(-c7ccccc7)n6)c5c4c3)cc2)cc1.[2H]c1ccccc1-c1ccc(-c2cc(-c3ccc(-c4ccccc4[2H])cc3)c3oc4cccc(-c5nc(-c6ccccc6)nc(-c6ccccc6)n5)c4c3c2)cc1. The maximum atomic E-state index is 8.48. The summed E-state index contributed by atoms with van der Waals surface area (Å²) in [4.78, 5) is 30.3. The van der Waals surface area contributed by atoms with Crippen molar-refractivity contribution in [1.29, 1.82) is 0 Å². The van der Waals surface area contributed by atoms with Crippen molar-refractivity contribution in [3.63, 3.8) is 0 Å². The maximum absolute atomic E-state index is 8.48. The third-order valence-corrected chi connectivity index (χ3v) is 20.0. The molecule has 0 aliphatic rings. The van der Waals surface area contributed by atoms with Gasteiger partial charge in [-0.25, -0.2) is 29.9 Å². The lowest BCUT2D eigenvalue weighted by Crippen LogP contribution is -2.00. The molecule has 0 amide bonds. The fourth-order valence-corrected chi connectivity index (χ4v) is 14.5. The van der Waals surface area contributed by atoms with Crippen molar-refractivity contribution in [1.82, 2.24) is 29.9 Å². The van der Waals surface area contributed by atoms with E-state index in [2.05, 4.69) is 133 Å². The van der Waals surface area contributed by atoms with E-state index in [-0.39, 0.29) is 0 Å². The highest BCUT2D eigenvalue weighted by Gasteiger charge is 2.24. The number of aromatic nitrogens is 6. The molecule has 8 nitrogen and oxygen atoms in total. The Labute approximate surface area is 642 Å². The topological polar surface area (TPSA) is 104 Å². The summed E-state index contributed by atoms with van der Waals surface area (Å²) < 4.78 is 46.4. The molecule has 0 unspecified atom stereocenters. The Kier molecular flexibility index (Phi) is 16.3. The van der Waals surface area contributed by atoms with Crippen LogP contribution in [0.3, 0.4) is 0 Å². The van der Waals surface area contributed by atoms with Crippen LogP contribution in [0.5, 0.6) is 0 Å². The monoisotopic (exact) mass is 1410 g/mol. The van der Waals surface area contributed by atoms with Crippen molar-refractivity contribution in [3.05, 3.63) is 400 Å². The van der Waals surface area contributed by atoms with Crippen molar-refractivity contribution in [2.75, 3.05) is 0 Å². The Bertz CT molecular complexity index is 6840. The van der Waals surface area contributed by atoms with Gasteiger partial charge in [-0.1, -0.05) is 364 Å². The predicted molar refractivity (Wildman–Crippen MR) is 450 cm³/mol. The van der Waals surface area contributed by atoms with Crippen molar-refractivity contribution in [2.45, 2.75) is 0 Å². The van der Waals surface area contributed by atoms with Gasteiger partial charge in [-0.15, -0.1) is 0 Å². The second-order valence-corrected chi connectivity index (χ2v) is 26.9. The second-order valence-electron chi connectivity index (χ2n) is 26.9. The number of hydrogen-bond donors (Lipinski definition) is 0. The highest BCUT2D eigenvalue weighted by molar-refractivity contribution is 6.18. The maximum Gasteiger partial charge on any atom is 0.164 e. The van der Waals surface area contributed by atoms with Gasteiger partial charge in [0.2, 0.25) is 0 Å². The zero-order valence-electron chi connectivity index (χ0n) is 63.3. The Morgan fingerprint density at radius 3 is 0.755 bits per heavy atom. The lowest BCUT2D eigenvalue weighted by Gasteiger charge is -2.11. The van der Waals surface area contributed by atoms with Crippen LogP contribution in [0.4, 0.5) is 0 Å². The van der Waals surface area contributed by atoms with Gasteiger partial charge in [0.05, 0.1) is 5.48 Å². The number of furan rings is 2. The summed E-state index contributed by atoms with van der Waals surface area (Å²) in [6, 6.07) is 127. The largest absolute Gasteiger partial charge is 0.455 e. The molecule has 0 radical (unpaired) electrons. The molecule has 0 aliphatic heterocycles. The number of fused-ring (bicyclic) bond motifs is 6. The first-order chi connectivity index (χ1) is 56.1. The molecule has 20 rings (SSSR count). The van der Waals surface area contributed by atoms with Gasteiger partial charge in [0.1, 0.15) is 22.3 Å². The van der Waals surface area contributed by atoms with Crippen LogP contribution in [-0.4, -0.2) is 29.9 Å². The number of hydrogen-bond acceptors (Lipinski definition) is 8. The van der Waals surface area contributed by atoms with Gasteiger partial charge < -0.3 is 8.83 Å². The average molecular weight is 1410 g/mol. The van der Waals surface area contributed by atoms with E-state index < -0.39 is 0 Å². The highest BCUT2D eigenvalue weighted by atomic mass is 16.3. The molecule has 8 heteroatoms. The van der Waals surface area contributed by atoms with Gasteiger partial charge in [0.25, 0.3) is 0 Å². The third-order valence-electron chi connectivity index (χ3n) is 20.0. The van der Waals surface area contributed by atoms with Crippen LogP contribution in [0.1, 0.15) is 5.48 Å². The van der Waals surface area contributed by atoms with Gasteiger partial charge in [-0.2, -0.15) is 0 Å². The minimum Gasteiger partial charge on any atom is -0.455 e. The smallest absolute Gasteiger partial charge is 0.164 e. The Morgan fingerprint density at radius 1 is 0.182 bits per heavy atom. The van der Waals surface area contributed by atoms with Crippen molar-refractivity contribution < 1.29 is 14.3 Å². The zero-order chi connectivity index (χ0) is 76.6. The van der Waals surface area contributed by atoms with E-state index in [4.69, 9.17) is 44.2 Å². The normalized spacial score (nSPS) is 11.8. The highest BCUT2D eigenvalue weighted by Crippen LogP contribution is 2.46. The van der Waals surface area contributed by atoms with E-state index in [9.17, 15) is 0 Å². The van der Waals surface area contributed by atoms with Gasteiger partial charge in [0.15, 0.2) is 34.9 Å². The van der Waals surface area contributed by atoms with Gasteiger partial charge in [-0.3, -0.25) is 0 Å². The van der Waals surface area contributed by atoms with E-state index in [0.717, 1.165) is 166 Å². The molecule has 0 spiro atoms. The van der Waals surface area contributed by atoms with Crippen LogP contribution in [0, 0.1) is 0 Å². The first-order valence-corrected chi connectivity index (χ1v) is 36.5. The molecule has 16 aromatic carbocycles. The summed E-state index contributed by atoms with van der Waals surface area (Å²) in [7, 11) is 0. The molecule has 110 heavy (non-hydrogen) atoms. The summed E-state index contributed by atoms with van der Waals surface area (Å²) in [5, 5.41) is 3.75. The molecule has 0 bridgehead atoms. The van der Waals surface area contributed by atoms with Crippen LogP contribution in [0.25, 0.3) is 201 Å². The summed E-state index contributed by atoms with van der Waals surface area (Å²) >= 11 is 0. The Balaban J connectivity index is 0.000000153. The molecule has 0 saturated carbocycles. The molecule has 0 saturated heterocycles. The summed E-state index contributed by atoms with van der Waals surface area (Å²) in [6.07, 6.45) is 0. The van der Waals surface area contributed by atoms with Gasteiger partial charge in [-0.05, 0) is 114 Å². The standard InChI is InChI=1S/2C51H33N3O/c2*1-5-14-34(15-6-1)36-24-26-38(27-25-36)42-32-44(39-30-28-37(29-31-39)35-16-7-2-8-17-35)48-45(33-42)47-43(22-13-23-46(47)55-48)51-53-49(40-18-9-3-10-19-40)52-50(54-51)41-20-11-4-12-21-41/h2*1-33H/i14D,16D;1D,2D. The molecule has 4 aromatic heterocycles. The van der Waals surface area contributed by atoms with Gasteiger partial charge in [0, 0.05) is 66.1 Å². The van der Waals surface area contributed by atoms with Crippen molar-refractivity contribution >= 4 is 43.9 Å². The number of rotatable bonds is 14. The number of benzene rings is 16. The van der Waals surface area contributed by atoms with Gasteiger partial charge >= 0.3 is 0 Å². The van der Waals surface area contributed by atoms with E-state index >= 15 is 0 Å². The van der Waals surface area contributed by atoms with Crippen molar-refractivity contribution in [3.8, 4) is 157 Å². The summed E-state index contributed by atoms with van der Waals surface area (Å²) in [5.74, 6) is 3.50.